The van der Waals surface area contributed by atoms with E-state index in [0.717, 1.165) is 12.8 Å². The van der Waals surface area contributed by atoms with E-state index in [1.807, 2.05) is 6.07 Å². The van der Waals surface area contributed by atoms with Crippen LogP contribution in [0.3, 0.4) is 0 Å². The van der Waals surface area contributed by atoms with Crippen LogP contribution in [0.5, 0.6) is 5.88 Å². The van der Waals surface area contributed by atoms with Gasteiger partial charge in [-0.3, -0.25) is 9.59 Å². The Hall–Kier alpha value is -2.83. The average Bonchev–Trinajstić information content (AvgIpc) is 3.14. The van der Waals surface area contributed by atoms with Crippen molar-refractivity contribution in [1.82, 2.24) is 15.1 Å². The molecule has 3 N–H and O–H groups in total. The number of amides is 1. The minimum absolute atomic E-state index is 0.0630. The van der Waals surface area contributed by atoms with Crippen LogP contribution >= 0.6 is 0 Å². The third kappa shape index (κ3) is 3.24. The third-order valence-corrected chi connectivity index (χ3v) is 4.35. The van der Waals surface area contributed by atoms with Gasteiger partial charge < -0.3 is 15.5 Å². The van der Waals surface area contributed by atoms with Gasteiger partial charge in [0.25, 0.3) is 5.91 Å². The Labute approximate surface area is 138 Å². The molecule has 1 aliphatic rings. The van der Waals surface area contributed by atoms with Crippen LogP contribution in [-0.4, -0.2) is 37.4 Å². The number of carbonyl (C=O) groups excluding carboxylic acids is 1. The Kier molecular flexibility index (Phi) is 4.24. The van der Waals surface area contributed by atoms with E-state index in [-0.39, 0.29) is 18.0 Å². The number of aromatic nitrogens is 2. The zero-order valence-electron chi connectivity index (χ0n) is 13.1. The molecule has 3 rings (SSSR count). The Balaban J connectivity index is 1.82. The highest BCUT2D eigenvalue weighted by Gasteiger charge is 2.38. The number of carboxylic acid groups (broad SMARTS) is 1. The lowest BCUT2D eigenvalue weighted by molar-refractivity contribution is -0.138. The minimum atomic E-state index is -0.935. The molecule has 7 nitrogen and oxygen atoms in total. The summed E-state index contributed by atoms with van der Waals surface area (Å²) in [5, 5.41) is 26.1. The molecule has 0 saturated heterocycles. The Bertz CT molecular complexity index is 748. The second kappa shape index (κ2) is 6.35. The van der Waals surface area contributed by atoms with Crippen LogP contribution in [0.25, 0.3) is 5.69 Å². The van der Waals surface area contributed by atoms with Crippen molar-refractivity contribution in [3.05, 3.63) is 42.1 Å². The summed E-state index contributed by atoms with van der Waals surface area (Å²) >= 11 is 0. The first-order valence-electron chi connectivity index (χ1n) is 7.88. The first-order valence-corrected chi connectivity index (χ1v) is 7.88. The number of nitrogens with one attached hydrogen (secondary N) is 1. The zero-order chi connectivity index (χ0) is 17.2. The molecule has 1 aromatic carbocycles. The second-order valence-electron chi connectivity index (χ2n) is 6.15. The normalized spacial score (nSPS) is 16.0. The van der Waals surface area contributed by atoms with Crippen LogP contribution in [0.4, 0.5) is 0 Å². The van der Waals surface area contributed by atoms with Crippen molar-refractivity contribution < 1.29 is 19.8 Å². The molecule has 1 fully saturated rings. The number of benzene rings is 1. The standard InChI is InChI=1S/C17H19N3O4/c21-14-10-13(19-20(14)12-6-2-1-3-7-12)16(24)18-17(11-15(22)23)8-4-5-9-17/h1-3,6-7,10,21H,4-5,8-9,11H2,(H,18,24)(H,22,23). The quantitative estimate of drug-likeness (QED) is 0.779. The third-order valence-electron chi connectivity index (χ3n) is 4.35. The number of rotatable bonds is 5. The number of carboxylic acids is 1. The maximum atomic E-state index is 12.5. The van der Waals surface area contributed by atoms with Crippen LogP contribution in [0.1, 0.15) is 42.6 Å². The molecule has 0 bridgehead atoms. The van der Waals surface area contributed by atoms with E-state index < -0.39 is 17.4 Å². The van der Waals surface area contributed by atoms with Crippen molar-refractivity contribution in [2.45, 2.75) is 37.6 Å². The van der Waals surface area contributed by atoms with Crippen molar-refractivity contribution in [3.63, 3.8) is 0 Å². The number of para-hydroxylation sites is 1. The molecule has 1 aromatic heterocycles. The summed E-state index contributed by atoms with van der Waals surface area (Å²) in [6.45, 7) is 0. The highest BCUT2D eigenvalue weighted by Crippen LogP contribution is 2.33. The van der Waals surface area contributed by atoms with Crippen molar-refractivity contribution in [2.75, 3.05) is 0 Å². The number of aromatic hydroxyl groups is 1. The van der Waals surface area contributed by atoms with E-state index in [9.17, 15) is 14.7 Å². The Morgan fingerprint density at radius 3 is 2.50 bits per heavy atom. The molecule has 1 amide bonds. The van der Waals surface area contributed by atoms with Crippen molar-refractivity contribution >= 4 is 11.9 Å². The van der Waals surface area contributed by atoms with Gasteiger partial charge in [0.2, 0.25) is 5.88 Å². The van der Waals surface area contributed by atoms with E-state index in [4.69, 9.17) is 5.11 Å². The van der Waals surface area contributed by atoms with Gasteiger partial charge in [0, 0.05) is 6.07 Å². The highest BCUT2D eigenvalue weighted by molar-refractivity contribution is 5.93. The van der Waals surface area contributed by atoms with Crippen molar-refractivity contribution in [2.24, 2.45) is 0 Å². The molecule has 0 atom stereocenters. The van der Waals surface area contributed by atoms with Gasteiger partial charge in [-0.2, -0.15) is 5.10 Å². The van der Waals surface area contributed by atoms with Gasteiger partial charge in [-0.1, -0.05) is 31.0 Å². The second-order valence-corrected chi connectivity index (χ2v) is 6.15. The molecule has 0 radical (unpaired) electrons. The number of hydrogen-bond donors (Lipinski definition) is 3. The maximum absolute atomic E-state index is 12.5. The van der Waals surface area contributed by atoms with Crippen LogP contribution in [0, 0.1) is 0 Å². The lowest BCUT2D eigenvalue weighted by Gasteiger charge is -2.28. The van der Waals surface area contributed by atoms with Gasteiger partial charge >= 0.3 is 5.97 Å². The Morgan fingerprint density at radius 2 is 1.88 bits per heavy atom. The van der Waals surface area contributed by atoms with E-state index in [2.05, 4.69) is 10.4 Å². The number of hydrogen-bond acceptors (Lipinski definition) is 4. The molecule has 1 aliphatic carbocycles. The fourth-order valence-corrected chi connectivity index (χ4v) is 3.23. The van der Waals surface area contributed by atoms with E-state index >= 15 is 0 Å². The smallest absolute Gasteiger partial charge is 0.305 e. The van der Waals surface area contributed by atoms with Crippen LogP contribution in [0.15, 0.2) is 36.4 Å². The van der Waals surface area contributed by atoms with E-state index in [1.54, 1.807) is 24.3 Å². The molecular weight excluding hydrogens is 310 g/mol. The SMILES string of the molecule is O=C(O)CC1(NC(=O)c2cc(O)n(-c3ccccc3)n2)CCCC1. The summed E-state index contributed by atoms with van der Waals surface area (Å²) in [6, 6.07) is 10.3. The molecule has 24 heavy (non-hydrogen) atoms. The predicted molar refractivity (Wildman–Crippen MR) is 86.1 cm³/mol. The number of aliphatic carboxylic acids is 1. The van der Waals surface area contributed by atoms with E-state index in [0.29, 0.717) is 18.5 Å². The lowest BCUT2D eigenvalue weighted by Crippen LogP contribution is -2.48. The monoisotopic (exact) mass is 329 g/mol. The summed E-state index contributed by atoms with van der Waals surface area (Å²) in [6.07, 6.45) is 2.94. The fourth-order valence-electron chi connectivity index (χ4n) is 3.23. The van der Waals surface area contributed by atoms with Crippen molar-refractivity contribution in [1.29, 1.82) is 0 Å². The zero-order valence-corrected chi connectivity index (χ0v) is 13.1. The van der Waals surface area contributed by atoms with Gasteiger partial charge in [0.15, 0.2) is 5.69 Å². The minimum Gasteiger partial charge on any atom is -0.493 e. The van der Waals surface area contributed by atoms with Gasteiger partial charge in [0.05, 0.1) is 17.6 Å². The molecule has 7 heteroatoms. The first kappa shape index (κ1) is 16.0. The molecular formula is C17H19N3O4. The molecule has 126 valence electrons. The molecule has 2 aromatic rings. The first-order chi connectivity index (χ1) is 11.5. The average molecular weight is 329 g/mol. The summed E-state index contributed by atoms with van der Waals surface area (Å²) in [5.41, 5.74) is -0.0297. The highest BCUT2D eigenvalue weighted by atomic mass is 16.4. The molecule has 1 heterocycles. The molecule has 0 aliphatic heterocycles. The van der Waals surface area contributed by atoms with Gasteiger partial charge in [0.1, 0.15) is 0 Å². The summed E-state index contributed by atoms with van der Waals surface area (Å²) in [7, 11) is 0. The maximum Gasteiger partial charge on any atom is 0.305 e. The summed E-state index contributed by atoms with van der Waals surface area (Å²) < 4.78 is 1.27. The molecule has 0 unspecified atom stereocenters. The number of nitrogens with zero attached hydrogens (tertiary/aromatic N) is 2. The summed E-state index contributed by atoms with van der Waals surface area (Å²) in [5.74, 6) is -1.55. The van der Waals surface area contributed by atoms with E-state index in [1.165, 1.54) is 10.7 Å². The van der Waals surface area contributed by atoms with Crippen LogP contribution in [-0.2, 0) is 4.79 Å². The van der Waals surface area contributed by atoms with Crippen LogP contribution < -0.4 is 5.32 Å². The van der Waals surface area contributed by atoms with Gasteiger partial charge in [-0.05, 0) is 25.0 Å². The molecule has 1 saturated carbocycles. The predicted octanol–water partition coefficient (Wildman–Crippen LogP) is 2.10. The van der Waals surface area contributed by atoms with Gasteiger partial charge in [-0.15, -0.1) is 0 Å². The number of carbonyl (C=O) groups is 2. The molecule has 0 spiro atoms. The van der Waals surface area contributed by atoms with Gasteiger partial charge in [-0.25, -0.2) is 4.68 Å². The van der Waals surface area contributed by atoms with Crippen LogP contribution in [0.2, 0.25) is 0 Å². The lowest BCUT2D eigenvalue weighted by atomic mass is 9.93. The largest absolute Gasteiger partial charge is 0.493 e. The summed E-state index contributed by atoms with van der Waals surface area (Å²) in [4.78, 5) is 23.6. The Morgan fingerprint density at radius 1 is 1.21 bits per heavy atom. The van der Waals surface area contributed by atoms with Crippen molar-refractivity contribution in [3.8, 4) is 11.6 Å². The fraction of sp³-hybridized carbons (Fsp3) is 0.353. The topological polar surface area (TPSA) is 104 Å².